The number of ether oxygens (including phenoxy) is 2. The molecule has 4 heterocycles. The number of carbonyl (C=O) groups is 4. The summed E-state index contributed by atoms with van der Waals surface area (Å²) in [6.07, 6.45) is 4.91. The summed E-state index contributed by atoms with van der Waals surface area (Å²) in [6.45, 7) is 7.28. The zero-order valence-electron chi connectivity index (χ0n) is 29.5. The minimum absolute atomic E-state index is 0.0894. The summed E-state index contributed by atoms with van der Waals surface area (Å²) in [6, 6.07) is 12.0. The van der Waals surface area contributed by atoms with E-state index in [0.29, 0.717) is 33.6 Å². The number of cyclic esters (lactones) is 1. The van der Waals surface area contributed by atoms with Gasteiger partial charge in [-0.2, -0.15) is 0 Å². The maximum atomic E-state index is 15.3. The minimum atomic E-state index is -1.55. The van der Waals surface area contributed by atoms with Gasteiger partial charge in [0.1, 0.15) is 29.8 Å². The highest BCUT2D eigenvalue weighted by molar-refractivity contribution is 9.11. The Kier molecular flexibility index (Phi) is 10.8. The number of likely N-dealkylation sites (N-methyl/N-ethyl adjacent to an activating group) is 1. The number of amides is 3. The molecule has 4 aliphatic heterocycles. The van der Waals surface area contributed by atoms with Gasteiger partial charge in [-0.1, -0.05) is 102 Å². The van der Waals surface area contributed by atoms with Crippen molar-refractivity contribution in [2.45, 2.75) is 82.9 Å². The molecule has 2 fully saturated rings. The van der Waals surface area contributed by atoms with Crippen LogP contribution in [-0.2, 0) is 28.7 Å². The van der Waals surface area contributed by atoms with E-state index in [1.807, 2.05) is 76.2 Å². The smallest absolute Gasteiger partial charge is 0.313 e. The van der Waals surface area contributed by atoms with E-state index in [1.165, 1.54) is 4.90 Å². The molecule has 0 aromatic heterocycles. The van der Waals surface area contributed by atoms with Gasteiger partial charge in [0.2, 0.25) is 11.8 Å². The first kappa shape index (κ1) is 37.3. The molecule has 3 amide bonds. The molecule has 12 heteroatoms. The number of benzene rings is 2. The number of halogens is 2. The zero-order chi connectivity index (χ0) is 36.8. The lowest BCUT2D eigenvalue weighted by Crippen LogP contribution is -2.59. The van der Waals surface area contributed by atoms with Crippen molar-refractivity contribution in [2.75, 3.05) is 25.1 Å². The number of para-hydroxylation sites is 1. The first-order chi connectivity index (χ1) is 24.4. The van der Waals surface area contributed by atoms with Crippen LogP contribution in [0.3, 0.4) is 0 Å². The van der Waals surface area contributed by atoms with Gasteiger partial charge in [-0.05, 0) is 49.5 Å². The van der Waals surface area contributed by atoms with E-state index < -0.39 is 72.2 Å². The number of aliphatic hydroxyl groups excluding tert-OH is 1. The van der Waals surface area contributed by atoms with E-state index in [1.54, 1.807) is 35.1 Å². The van der Waals surface area contributed by atoms with Crippen molar-refractivity contribution in [1.82, 2.24) is 9.80 Å². The number of esters is 1. The maximum absolute atomic E-state index is 15.3. The third-order valence-electron chi connectivity index (χ3n) is 11.2. The first-order valence-electron chi connectivity index (χ1n) is 17.6. The van der Waals surface area contributed by atoms with E-state index in [4.69, 9.17) is 21.1 Å². The highest BCUT2D eigenvalue weighted by atomic mass is 79.9. The van der Waals surface area contributed by atoms with Crippen molar-refractivity contribution in [2.24, 2.45) is 17.8 Å². The Morgan fingerprint density at radius 1 is 1.04 bits per heavy atom. The molecule has 0 saturated carbocycles. The Balaban J connectivity index is 1.54. The summed E-state index contributed by atoms with van der Waals surface area (Å²) in [5, 5.41) is 11.2. The Hall–Kier alpha value is -3.51. The van der Waals surface area contributed by atoms with Gasteiger partial charge >= 0.3 is 5.97 Å². The molecule has 2 aromatic rings. The van der Waals surface area contributed by atoms with Crippen molar-refractivity contribution in [3.05, 3.63) is 87.4 Å². The van der Waals surface area contributed by atoms with Crippen LogP contribution in [0.2, 0.25) is 5.02 Å². The van der Waals surface area contributed by atoms with Crippen molar-refractivity contribution < 1.29 is 33.8 Å². The second-order valence-electron chi connectivity index (χ2n) is 14.1. The number of nitrogens with zero attached hydrogens (tertiary/aromatic N) is 3. The maximum Gasteiger partial charge on any atom is 0.313 e. The average molecular weight is 783 g/mol. The molecular weight excluding hydrogens is 738 g/mol. The van der Waals surface area contributed by atoms with Crippen molar-refractivity contribution in [3.63, 3.8) is 0 Å². The number of rotatable bonds is 6. The molecule has 5 bridgehead atoms. The van der Waals surface area contributed by atoms with E-state index >= 15 is 4.79 Å². The van der Waals surface area contributed by atoms with E-state index in [9.17, 15) is 19.5 Å². The summed E-state index contributed by atoms with van der Waals surface area (Å²) in [5.74, 6) is -4.15. The Bertz CT molecular complexity index is 1730. The fourth-order valence-electron chi connectivity index (χ4n) is 8.18. The number of anilines is 1. The van der Waals surface area contributed by atoms with Gasteiger partial charge in [0.05, 0.1) is 35.3 Å². The molecule has 2 aromatic carbocycles. The summed E-state index contributed by atoms with van der Waals surface area (Å²) in [7, 11) is 1.69. The summed E-state index contributed by atoms with van der Waals surface area (Å²) in [5.41, 5.74) is 0.367. The summed E-state index contributed by atoms with van der Waals surface area (Å²) in [4.78, 5) is 62.9. The van der Waals surface area contributed by atoms with Gasteiger partial charge in [0, 0.05) is 24.5 Å². The van der Waals surface area contributed by atoms with Crippen molar-refractivity contribution in [3.8, 4) is 0 Å². The van der Waals surface area contributed by atoms with Crippen molar-refractivity contribution in [1.29, 1.82) is 0 Å². The second-order valence-corrected chi connectivity index (χ2v) is 15.4. The van der Waals surface area contributed by atoms with Crippen LogP contribution in [0.4, 0.5) is 5.69 Å². The highest BCUT2D eigenvalue weighted by Gasteiger charge is 2.76. The molecule has 1 N–H and O–H groups in total. The second kappa shape index (κ2) is 14.8. The van der Waals surface area contributed by atoms with Crippen LogP contribution in [0.15, 0.2) is 71.2 Å². The summed E-state index contributed by atoms with van der Waals surface area (Å²) >= 11 is 10.4. The number of likely N-dealkylation sites (tertiary alicyclic amines) is 1. The highest BCUT2D eigenvalue weighted by Crippen LogP contribution is 2.60. The zero-order valence-corrected chi connectivity index (χ0v) is 31.8. The molecular formula is C39H45BrClN3O7. The van der Waals surface area contributed by atoms with Gasteiger partial charge in [-0.3, -0.25) is 19.2 Å². The number of hydrogen-bond donors (Lipinski definition) is 1. The average Bonchev–Trinajstić information content (AvgIpc) is 3.71. The van der Waals surface area contributed by atoms with Gasteiger partial charge in [0.15, 0.2) is 0 Å². The van der Waals surface area contributed by atoms with Crippen LogP contribution < -0.4 is 4.90 Å². The fraction of sp³-hybridized carbons (Fsp3) is 0.487. The fourth-order valence-corrected chi connectivity index (χ4v) is 9.24. The molecule has 6 rings (SSSR count). The first-order valence-corrected chi connectivity index (χ1v) is 18.8. The predicted molar refractivity (Wildman–Crippen MR) is 197 cm³/mol. The lowest BCUT2D eigenvalue weighted by molar-refractivity contribution is -0.164. The topological polar surface area (TPSA) is 117 Å². The van der Waals surface area contributed by atoms with Crippen LogP contribution in [0, 0.1) is 24.7 Å². The Morgan fingerprint density at radius 3 is 2.43 bits per heavy atom. The number of hydrogen-bond acceptors (Lipinski definition) is 7. The van der Waals surface area contributed by atoms with Crippen LogP contribution in [0.25, 0.3) is 0 Å². The molecule has 272 valence electrons. The number of aliphatic hydroxyl groups is 1. The van der Waals surface area contributed by atoms with Gasteiger partial charge in [-0.25, -0.2) is 0 Å². The Morgan fingerprint density at radius 2 is 1.76 bits per heavy atom. The van der Waals surface area contributed by atoms with Gasteiger partial charge < -0.3 is 29.3 Å². The largest absolute Gasteiger partial charge is 0.455 e. The lowest BCUT2D eigenvalue weighted by atomic mass is 9.74. The molecule has 1 spiro atoms. The molecule has 4 aliphatic rings. The third-order valence-corrected chi connectivity index (χ3v) is 12.2. The molecule has 0 unspecified atom stereocenters. The van der Waals surface area contributed by atoms with Gasteiger partial charge in [-0.15, -0.1) is 0 Å². The molecule has 0 aliphatic carbocycles. The number of aryl methyl sites for hydroxylation is 1. The van der Waals surface area contributed by atoms with E-state index in [-0.39, 0.29) is 24.8 Å². The SMILES string of the molecule is CC[C@H](C)[C@H](CO)N1C(=O)[C@@H]2[C@H]3C(=O)O[C@@H](c4ccccc4)[C@H](C)N(C)C(=O)CC/C=C\CN(c4c(C)cccc4Cl)C(=O)[C@@H]1[C@]21C=C(Br)[C@H]3O1. The van der Waals surface area contributed by atoms with E-state index in [0.717, 1.165) is 5.56 Å². The molecule has 0 radical (unpaired) electrons. The standard InChI is InChI=1S/C39H45BrClN3O7/c1-6-22(2)28(21-45)44-35-37(48)43(32-23(3)14-13-17-27(32)41)19-12-8-11-18-29(46)42(5)24(4)33(25-15-9-7-10-16-25)50-38(49)30-31(36(44)47)39(35)20-26(40)34(30)51-39/h7-10,12-17,20,22,24,28,30-31,33-35,45H,6,11,18-19,21H2,1-5H3/b12-8-/t22-,24-,28-,30+,31-,33+,34+,35+,39-/m0/s1. The van der Waals surface area contributed by atoms with Crippen LogP contribution >= 0.6 is 27.5 Å². The quantitative estimate of drug-likeness (QED) is 0.294. The van der Waals surface area contributed by atoms with Crippen LogP contribution in [-0.4, -0.2) is 88.6 Å². The van der Waals surface area contributed by atoms with Gasteiger partial charge in [0.25, 0.3) is 5.91 Å². The third kappa shape index (κ3) is 6.34. The lowest BCUT2D eigenvalue weighted by Gasteiger charge is -2.40. The molecule has 9 atom stereocenters. The number of fused-ring (bicyclic) bond motifs is 2. The molecule has 10 nitrogen and oxygen atoms in total. The monoisotopic (exact) mass is 781 g/mol. The normalized spacial score (nSPS) is 31.8. The minimum Gasteiger partial charge on any atom is -0.455 e. The summed E-state index contributed by atoms with van der Waals surface area (Å²) < 4.78 is 13.6. The number of allylic oxidation sites excluding steroid dienone is 1. The molecule has 2 saturated heterocycles. The van der Waals surface area contributed by atoms with Crippen LogP contribution in [0.1, 0.15) is 57.3 Å². The van der Waals surface area contributed by atoms with E-state index in [2.05, 4.69) is 15.9 Å². The van der Waals surface area contributed by atoms with Crippen LogP contribution in [0.5, 0.6) is 0 Å². The Labute approximate surface area is 312 Å². The number of carbonyl (C=O) groups excluding carboxylic acids is 4. The van der Waals surface area contributed by atoms with Crippen molar-refractivity contribution >= 4 is 56.9 Å². The molecule has 51 heavy (non-hydrogen) atoms. The predicted octanol–water partition coefficient (Wildman–Crippen LogP) is 5.74.